The standard InChI is InChI=1S/C11H22O3Si/c1-5-14-15(3,4)9-7-6-8-10(2)11(12)13/h8H,5-7,9H2,1-4H3,(H,12,13). The monoisotopic (exact) mass is 230 g/mol. The second-order valence-electron chi connectivity index (χ2n) is 4.28. The van der Waals surface area contributed by atoms with Crippen molar-refractivity contribution in [2.24, 2.45) is 0 Å². The lowest BCUT2D eigenvalue weighted by Crippen LogP contribution is -2.29. The smallest absolute Gasteiger partial charge is 0.330 e. The minimum absolute atomic E-state index is 0.436. The van der Waals surface area contributed by atoms with Gasteiger partial charge in [0, 0.05) is 12.2 Å². The van der Waals surface area contributed by atoms with Crippen molar-refractivity contribution in [3.8, 4) is 0 Å². The molecule has 0 spiro atoms. The fraction of sp³-hybridized carbons (Fsp3) is 0.727. The summed E-state index contributed by atoms with van der Waals surface area (Å²) >= 11 is 0. The van der Waals surface area contributed by atoms with E-state index in [1.165, 1.54) is 0 Å². The number of aliphatic carboxylic acids is 1. The van der Waals surface area contributed by atoms with E-state index in [1.807, 2.05) is 6.92 Å². The van der Waals surface area contributed by atoms with Gasteiger partial charge in [0.05, 0.1) is 0 Å². The lowest BCUT2D eigenvalue weighted by molar-refractivity contribution is -0.132. The molecule has 88 valence electrons. The van der Waals surface area contributed by atoms with Gasteiger partial charge in [-0.2, -0.15) is 0 Å². The molecule has 15 heavy (non-hydrogen) atoms. The molecule has 0 unspecified atom stereocenters. The number of unbranched alkanes of at least 4 members (excludes halogenated alkanes) is 1. The molecule has 0 atom stereocenters. The minimum Gasteiger partial charge on any atom is -0.478 e. The fourth-order valence-corrected chi connectivity index (χ4v) is 3.38. The molecule has 0 aromatic rings. The number of allylic oxidation sites excluding steroid dienone is 1. The Morgan fingerprint density at radius 1 is 1.47 bits per heavy atom. The molecule has 3 nitrogen and oxygen atoms in total. The molecular weight excluding hydrogens is 208 g/mol. The highest BCUT2D eigenvalue weighted by Crippen LogP contribution is 2.15. The maximum atomic E-state index is 10.5. The molecule has 0 aliphatic rings. The van der Waals surface area contributed by atoms with Gasteiger partial charge in [0.1, 0.15) is 0 Å². The quantitative estimate of drug-likeness (QED) is 0.415. The summed E-state index contributed by atoms with van der Waals surface area (Å²) in [7, 11) is -1.48. The molecule has 0 saturated heterocycles. The van der Waals surface area contributed by atoms with Crippen molar-refractivity contribution in [1.29, 1.82) is 0 Å². The summed E-state index contributed by atoms with van der Waals surface area (Å²) in [5, 5.41) is 8.64. The van der Waals surface area contributed by atoms with E-state index in [-0.39, 0.29) is 0 Å². The molecule has 0 fully saturated rings. The van der Waals surface area contributed by atoms with Crippen molar-refractivity contribution in [1.82, 2.24) is 0 Å². The van der Waals surface area contributed by atoms with E-state index in [1.54, 1.807) is 13.0 Å². The van der Waals surface area contributed by atoms with E-state index in [4.69, 9.17) is 9.53 Å². The van der Waals surface area contributed by atoms with Crippen LogP contribution in [0.4, 0.5) is 0 Å². The molecule has 0 aliphatic carbocycles. The van der Waals surface area contributed by atoms with Gasteiger partial charge < -0.3 is 9.53 Å². The second-order valence-corrected chi connectivity index (χ2v) is 8.59. The summed E-state index contributed by atoms with van der Waals surface area (Å²) < 4.78 is 5.69. The molecule has 0 heterocycles. The first-order valence-electron chi connectivity index (χ1n) is 5.43. The summed E-state index contributed by atoms with van der Waals surface area (Å²) in [6, 6.07) is 1.09. The first-order valence-corrected chi connectivity index (χ1v) is 8.54. The van der Waals surface area contributed by atoms with Crippen molar-refractivity contribution >= 4 is 14.3 Å². The maximum absolute atomic E-state index is 10.5. The summed E-state index contributed by atoms with van der Waals surface area (Å²) in [4.78, 5) is 10.5. The van der Waals surface area contributed by atoms with E-state index < -0.39 is 14.3 Å². The van der Waals surface area contributed by atoms with Crippen LogP contribution in [-0.2, 0) is 9.22 Å². The Balaban J connectivity index is 3.80. The topological polar surface area (TPSA) is 46.5 Å². The molecule has 0 saturated carbocycles. The SMILES string of the molecule is CCO[Si](C)(C)CCCC=C(C)C(=O)O. The van der Waals surface area contributed by atoms with Crippen LogP contribution in [0, 0.1) is 0 Å². The van der Waals surface area contributed by atoms with Crippen LogP contribution in [0.5, 0.6) is 0 Å². The fourth-order valence-electron chi connectivity index (χ4n) is 1.40. The van der Waals surface area contributed by atoms with E-state index >= 15 is 0 Å². The molecule has 4 heteroatoms. The van der Waals surface area contributed by atoms with Gasteiger partial charge in [-0.25, -0.2) is 4.79 Å². The van der Waals surface area contributed by atoms with Gasteiger partial charge in [0.25, 0.3) is 0 Å². The maximum Gasteiger partial charge on any atom is 0.330 e. The lowest BCUT2D eigenvalue weighted by atomic mass is 10.2. The molecule has 1 N–H and O–H groups in total. The van der Waals surface area contributed by atoms with Gasteiger partial charge in [-0.15, -0.1) is 0 Å². The molecule has 0 aliphatic heterocycles. The zero-order valence-electron chi connectivity index (χ0n) is 10.2. The number of carboxylic acid groups (broad SMARTS) is 1. The number of carbonyl (C=O) groups is 1. The van der Waals surface area contributed by atoms with Crippen LogP contribution >= 0.6 is 0 Å². The van der Waals surface area contributed by atoms with Crippen molar-refractivity contribution in [3.05, 3.63) is 11.6 Å². The van der Waals surface area contributed by atoms with Crippen LogP contribution in [0.15, 0.2) is 11.6 Å². The van der Waals surface area contributed by atoms with E-state index in [9.17, 15) is 4.79 Å². The third-order valence-corrected chi connectivity index (χ3v) is 4.93. The third kappa shape index (κ3) is 7.33. The van der Waals surface area contributed by atoms with Crippen molar-refractivity contribution in [3.63, 3.8) is 0 Å². The predicted octanol–water partition coefficient (Wildman–Crippen LogP) is 3.04. The molecule has 0 aromatic heterocycles. The largest absolute Gasteiger partial charge is 0.478 e. The highest BCUT2D eigenvalue weighted by Gasteiger charge is 2.20. The summed E-state index contributed by atoms with van der Waals surface area (Å²) in [6.45, 7) is 8.83. The zero-order valence-corrected chi connectivity index (χ0v) is 11.2. The van der Waals surface area contributed by atoms with Crippen molar-refractivity contribution in [2.75, 3.05) is 6.61 Å². The van der Waals surface area contributed by atoms with Gasteiger partial charge in [-0.3, -0.25) is 0 Å². The Kier molecular flexibility index (Phi) is 6.52. The highest BCUT2D eigenvalue weighted by molar-refractivity contribution is 6.71. The van der Waals surface area contributed by atoms with Crippen LogP contribution < -0.4 is 0 Å². The van der Waals surface area contributed by atoms with Crippen molar-refractivity contribution < 1.29 is 14.3 Å². The van der Waals surface area contributed by atoms with Gasteiger partial charge in [0.15, 0.2) is 8.32 Å². The van der Waals surface area contributed by atoms with Crippen LogP contribution in [0.1, 0.15) is 26.7 Å². The third-order valence-electron chi connectivity index (χ3n) is 2.31. The van der Waals surface area contributed by atoms with Crippen LogP contribution in [0.3, 0.4) is 0 Å². The normalized spacial score (nSPS) is 12.9. The van der Waals surface area contributed by atoms with Crippen LogP contribution in [-0.4, -0.2) is 26.0 Å². The molecule has 0 rings (SSSR count). The van der Waals surface area contributed by atoms with Gasteiger partial charge in [0.2, 0.25) is 0 Å². The van der Waals surface area contributed by atoms with E-state index in [0.29, 0.717) is 5.57 Å². The Morgan fingerprint density at radius 3 is 2.53 bits per heavy atom. The van der Waals surface area contributed by atoms with Gasteiger partial charge >= 0.3 is 5.97 Å². The Labute approximate surface area is 93.3 Å². The molecule has 0 radical (unpaired) electrons. The number of hydrogen-bond acceptors (Lipinski definition) is 2. The summed E-state index contributed by atoms with van der Waals surface area (Å²) in [5.41, 5.74) is 0.436. The zero-order chi connectivity index (χ0) is 11.9. The summed E-state index contributed by atoms with van der Waals surface area (Å²) in [5.74, 6) is -0.823. The average Bonchev–Trinajstić information content (AvgIpc) is 2.11. The highest BCUT2D eigenvalue weighted by atomic mass is 28.4. The number of hydrogen-bond donors (Lipinski definition) is 1. The predicted molar refractivity (Wildman–Crippen MR) is 64.5 cm³/mol. The molecule has 0 bridgehead atoms. The molecule has 0 amide bonds. The number of rotatable bonds is 7. The average molecular weight is 230 g/mol. The number of carboxylic acids is 1. The van der Waals surface area contributed by atoms with Crippen LogP contribution in [0.25, 0.3) is 0 Å². The summed E-state index contributed by atoms with van der Waals surface area (Å²) in [6.07, 6.45) is 3.64. The van der Waals surface area contributed by atoms with Gasteiger partial charge in [-0.05, 0) is 39.4 Å². The molecular formula is C11H22O3Si. The van der Waals surface area contributed by atoms with Crippen LogP contribution in [0.2, 0.25) is 19.1 Å². The van der Waals surface area contributed by atoms with Gasteiger partial charge in [-0.1, -0.05) is 12.5 Å². The Bertz CT molecular complexity index is 234. The first-order chi connectivity index (χ1) is 6.89. The Morgan fingerprint density at radius 2 is 2.07 bits per heavy atom. The first kappa shape index (κ1) is 14.4. The van der Waals surface area contributed by atoms with Crippen molar-refractivity contribution in [2.45, 2.75) is 45.8 Å². The molecule has 0 aromatic carbocycles. The lowest BCUT2D eigenvalue weighted by Gasteiger charge is -2.21. The second kappa shape index (κ2) is 6.79. The van der Waals surface area contributed by atoms with E-state index in [0.717, 1.165) is 25.5 Å². The van der Waals surface area contributed by atoms with E-state index in [2.05, 4.69) is 13.1 Å². The minimum atomic E-state index is -1.48. The Hall–Kier alpha value is -0.613.